The topological polar surface area (TPSA) is 101 Å². The lowest BCUT2D eigenvalue weighted by molar-refractivity contribution is -0.0624. The summed E-state index contributed by atoms with van der Waals surface area (Å²) in [5.41, 5.74) is 4.88. The number of nitrogens with two attached hydrogens (primary N) is 1. The minimum atomic E-state index is -0.489. The second-order valence-electron chi connectivity index (χ2n) is 4.48. The molecule has 0 spiro atoms. The first-order chi connectivity index (χ1) is 9.08. The highest BCUT2D eigenvalue weighted by Gasteiger charge is 2.43. The number of rotatable bonds is 4. The van der Waals surface area contributed by atoms with E-state index in [1.54, 1.807) is 14.2 Å². The zero-order chi connectivity index (χ0) is 14.0. The predicted molar refractivity (Wildman–Crippen MR) is 66.5 cm³/mol. The van der Waals surface area contributed by atoms with Gasteiger partial charge in [0, 0.05) is 20.1 Å². The summed E-state index contributed by atoms with van der Waals surface area (Å²) in [7, 11) is 3.20. The lowest BCUT2D eigenvalue weighted by atomic mass is 10.0. The van der Waals surface area contributed by atoms with E-state index >= 15 is 0 Å². The lowest BCUT2D eigenvalue weighted by Crippen LogP contribution is -2.32. The number of ether oxygens (including phenoxy) is 3. The van der Waals surface area contributed by atoms with Crippen LogP contribution in [0.15, 0.2) is 11.1 Å². The van der Waals surface area contributed by atoms with Crippen LogP contribution in [0.3, 0.4) is 0 Å². The van der Waals surface area contributed by atoms with E-state index in [2.05, 4.69) is 9.97 Å². The zero-order valence-electron chi connectivity index (χ0n) is 11.1. The molecule has 1 aliphatic heterocycles. The Balaban J connectivity index is 2.28. The van der Waals surface area contributed by atoms with Gasteiger partial charge >= 0.3 is 5.69 Å². The van der Waals surface area contributed by atoms with Gasteiger partial charge in [-0.1, -0.05) is 6.92 Å². The van der Waals surface area contributed by atoms with Gasteiger partial charge in [-0.25, -0.2) is 9.78 Å². The van der Waals surface area contributed by atoms with Crippen LogP contribution in [0.5, 0.6) is 0 Å². The second-order valence-corrected chi connectivity index (χ2v) is 4.48. The fraction of sp³-hybridized carbons (Fsp3) is 0.727. The number of methoxy groups -OCH3 is 2. The van der Waals surface area contributed by atoms with Crippen molar-refractivity contribution in [1.82, 2.24) is 14.5 Å². The summed E-state index contributed by atoms with van der Waals surface area (Å²) in [6.07, 6.45) is 0.459. The van der Waals surface area contributed by atoms with Gasteiger partial charge in [0.1, 0.15) is 18.7 Å². The van der Waals surface area contributed by atoms with Gasteiger partial charge in [-0.05, 0) is 0 Å². The second kappa shape index (κ2) is 5.64. The summed E-state index contributed by atoms with van der Waals surface area (Å²) in [4.78, 5) is 19.2. The fourth-order valence-electron chi connectivity index (χ4n) is 2.39. The number of anilines is 1. The number of nitrogen functional groups attached to an aromatic ring is 1. The summed E-state index contributed by atoms with van der Waals surface area (Å²) >= 11 is 0. The van der Waals surface area contributed by atoms with Crippen molar-refractivity contribution in [3.8, 4) is 0 Å². The van der Waals surface area contributed by atoms with Crippen molar-refractivity contribution in [3.63, 3.8) is 0 Å². The van der Waals surface area contributed by atoms with E-state index in [1.165, 1.54) is 10.9 Å². The third-order valence-electron chi connectivity index (χ3n) is 3.27. The van der Waals surface area contributed by atoms with Gasteiger partial charge in [0.25, 0.3) is 0 Å². The van der Waals surface area contributed by atoms with E-state index in [0.29, 0.717) is 6.61 Å². The molecule has 2 unspecified atom stereocenters. The quantitative estimate of drug-likeness (QED) is 0.780. The molecule has 4 atom stereocenters. The van der Waals surface area contributed by atoms with Crippen LogP contribution in [0.25, 0.3) is 0 Å². The smallest absolute Gasteiger partial charge is 0.354 e. The highest BCUT2D eigenvalue weighted by atomic mass is 16.6. The molecule has 0 saturated carbocycles. The van der Waals surface area contributed by atoms with Gasteiger partial charge in [-0.2, -0.15) is 4.98 Å². The Hall–Kier alpha value is -1.51. The van der Waals surface area contributed by atoms with Crippen molar-refractivity contribution >= 4 is 5.95 Å². The van der Waals surface area contributed by atoms with Gasteiger partial charge in [-0.15, -0.1) is 0 Å². The Bertz CT molecular complexity index is 492. The SMILES string of the molecule is COC[C@H]1O[C@@H](n2cnc(N)nc2=O)C(C)C1OC. The molecule has 0 amide bonds. The highest BCUT2D eigenvalue weighted by molar-refractivity contribution is 5.10. The van der Waals surface area contributed by atoms with Gasteiger partial charge in [-0.3, -0.25) is 4.57 Å². The minimum Gasteiger partial charge on any atom is -0.382 e. The molecule has 1 aliphatic rings. The Kier molecular flexibility index (Phi) is 4.13. The van der Waals surface area contributed by atoms with E-state index in [1.807, 2.05) is 6.92 Å². The lowest BCUT2D eigenvalue weighted by Gasteiger charge is -2.19. The Morgan fingerprint density at radius 3 is 2.84 bits per heavy atom. The molecule has 19 heavy (non-hydrogen) atoms. The van der Waals surface area contributed by atoms with Crippen molar-refractivity contribution in [2.75, 3.05) is 26.6 Å². The standard InChI is InChI=1S/C11H18N4O4/c1-6-8(18-3)7(4-17-2)19-9(6)15-5-13-10(12)14-11(15)16/h5-9H,4H2,1-3H3,(H2,12,14,16)/t6?,7-,8?,9-/m1/s1. The zero-order valence-corrected chi connectivity index (χ0v) is 11.1. The summed E-state index contributed by atoms with van der Waals surface area (Å²) in [5, 5.41) is 0. The fourth-order valence-corrected chi connectivity index (χ4v) is 2.39. The van der Waals surface area contributed by atoms with Gasteiger partial charge in [0.05, 0.1) is 12.7 Å². The average Bonchev–Trinajstić information content (AvgIpc) is 2.66. The molecule has 2 heterocycles. The van der Waals surface area contributed by atoms with Crippen LogP contribution >= 0.6 is 0 Å². The molecule has 0 aromatic carbocycles. The predicted octanol–water partition coefficient (Wildman–Crippen LogP) is -0.585. The summed E-state index contributed by atoms with van der Waals surface area (Å²) < 4.78 is 17.7. The molecule has 0 radical (unpaired) electrons. The number of hydrogen-bond acceptors (Lipinski definition) is 7. The van der Waals surface area contributed by atoms with Crippen molar-refractivity contribution < 1.29 is 14.2 Å². The molecule has 8 nitrogen and oxygen atoms in total. The van der Waals surface area contributed by atoms with Gasteiger partial charge in [0.2, 0.25) is 5.95 Å². The molecule has 1 saturated heterocycles. The van der Waals surface area contributed by atoms with E-state index in [-0.39, 0.29) is 24.1 Å². The summed E-state index contributed by atoms with van der Waals surface area (Å²) in [6, 6.07) is 0. The highest BCUT2D eigenvalue weighted by Crippen LogP contribution is 2.35. The first-order valence-electron chi connectivity index (χ1n) is 5.96. The number of aromatic nitrogens is 3. The van der Waals surface area contributed by atoms with Crippen molar-refractivity contribution in [3.05, 3.63) is 16.8 Å². The van der Waals surface area contributed by atoms with Gasteiger partial charge in [0.15, 0.2) is 0 Å². The normalized spacial score (nSPS) is 30.7. The van der Waals surface area contributed by atoms with E-state index in [9.17, 15) is 4.79 Å². The number of hydrogen-bond donors (Lipinski definition) is 1. The first kappa shape index (κ1) is 13.9. The maximum Gasteiger partial charge on any atom is 0.354 e. The Labute approximate surface area is 110 Å². The van der Waals surface area contributed by atoms with E-state index in [0.717, 1.165) is 0 Å². The average molecular weight is 270 g/mol. The van der Waals surface area contributed by atoms with Crippen molar-refractivity contribution in [2.24, 2.45) is 5.92 Å². The molecule has 1 aromatic rings. The Morgan fingerprint density at radius 2 is 2.26 bits per heavy atom. The first-order valence-corrected chi connectivity index (χ1v) is 5.96. The molecule has 1 aromatic heterocycles. The van der Waals surface area contributed by atoms with Crippen molar-refractivity contribution in [1.29, 1.82) is 0 Å². The van der Waals surface area contributed by atoms with Crippen LogP contribution in [0.2, 0.25) is 0 Å². The molecule has 8 heteroatoms. The van der Waals surface area contributed by atoms with E-state index < -0.39 is 11.9 Å². The van der Waals surface area contributed by atoms with Crippen LogP contribution in [-0.2, 0) is 14.2 Å². The molecular weight excluding hydrogens is 252 g/mol. The maximum atomic E-state index is 11.8. The molecular formula is C11H18N4O4. The van der Waals surface area contributed by atoms with E-state index in [4.69, 9.17) is 19.9 Å². The minimum absolute atomic E-state index is 0.0323. The molecule has 1 fully saturated rings. The maximum absolute atomic E-state index is 11.8. The molecule has 106 valence electrons. The van der Waals surface area contributed by atoms with Crippen LogP contribution in [0, 0.1) is 5.92 Å². The monoisotopic (exact) mass is 270 g/mol. The number of nitrogens with zero attached hydrogens (tertiary/aromatic N) is 3. The molecule has 2 rings (SSSR count). The molecule has 0 aliphatic carbocycles. The largest absolute Gasteiger partial charge is 0.382 e. The summed E-state index contributed by atoms with van der Waals surface area (Å²) in [6.45, 7) is 2.33. The van der Waals surface area contributed by atoms with Gasteiger partial charge < -0.3 is 19.9 Å². The van der Waals surface area contributed by atoms with Crippen LogP contribution in [0.4, 0.5) is 5.95 Å². The van der Waals surface area contributed by atoms with Crippen LogP contribution < -0.4 is 11.4 Å². The third kappa shape index (κ3) is 2.60. The van der Waals surface area contributed by atoms with Crippen LogP contribution in [0.1, 0.15) is 13.2 Å². The molecule has 2 N–H and O–H groups in total. The van der Waals surface area contributed by atoms with Crippen LogP contribution in [-0.4, -0.2) is 47.6 Å². The Morgan fingerprint density at radius 1 is 1.53 bits per heavy atom. The third-order valence-corrected chi connectivity index (χ3v) is 3.27. The van der Waals surface area contributed by atoms with Crippen molar-refractivity contribution in [2.45, 2.75) is 25.4 Å². The summed E-state index contributed by atoms with van der Waals surface area (Å²) in [5.74, 6) is -0.0845. The molecule has 0 bridgehead atoms.